The van der Waals surface area contributed by atoms with E-state index in [-0.39, 0.29) is 5.91 Å². The molecular weight excluding hydrogens is 310 g/mol. The van der Waals surface area contributed by atoms with Gasteiger partial charge >= 0.3 is 0 Å². The molecule has 0 spiro atoms. The second-order valence-corrected chi connectivity index (χ2v) is 7.21. The number of nitrogens with one attached hydrogen (secondary N) is 1. The third-order valence-electron chi connectivity index (χ3n) is 2.71. The van der Waals surface area contributed by atoms with Crippen molar-refractivity contribution in [3.63, 3.8) is 0 Å². The van der Waals surface area contributed by atoms with E-state index in [1.165, 1.54) is 16.2 Å². The van der Waals surface area contributed by atoms with E-state index in [4.69, 9.17) is 5.73 Å². The van der Waals surface area contributed by atoms with Crippen molar-refractivity contribution in [1.82, 2.24) is 4.90 Å². The van der Waals surface area contributed by atoms with Crippen LogP contribution in [0.2, 0.25) is 0 Å². The summed E-state index contributed by atoms with van der Waals surface area (Å²) in [5, 5.41) is 6.40. The Morgan fingerprint density at radius 2 is 2.25 bits per heavy atom. The largest absolute Gasteiger partial charge is 0.396 e. The molecule has 2 rings (SSSR count). The van der Waals surface area contributed by atoms with Crippen LogP contribution in [0.15, 0.2) is 22.4 Å². The molecule has 20 heavy (non-hydrogen) atoms. The monoisotopic (exact) mass is 327 g/mol. The Balaban J connectivity index is 2.24. The molecule has 0 saturated heterocycles. The average Bonchev–Trinajstić information content (AvgIpc) is 3.03. The first-order valence-corrected chi connectivity index (χ1v) is 8.90. The molecule has 0 atom stereocenters. The molecule has 0 aliphatic rings. The molecule has 3 N–H and O–H groups in total. The van der Waals surface area contributed by atoms with Crippen molar-refractivity contribution in [2.24, 2.45) is 0 Å². The third-order valence-corrected chi connectivity index (χ3v) is 5.70. The van der Waals surface area contributed by atoms with E-state index in [9.17, 15) is 4.79 Å². The first-order valence-electron chi connectivity index (χ1n) is 5.98. The molecule has 0 aliphatic heterocycles. The first-order chi connectivity index (χ1) is 9.54. The van der Waals surface area contributed by atoms with Gasteiger partial charge < -0.3 is 16.0 Å². The summed E-state index contributed by atoms with van der Waals surface area (Å²) in [6.07, 6.45) is 1.97. The highest BCUT2D eigenvalue weighted by Gasteiger charge is 2.21. The smallest absolute Gasteiger partial charge is 0.265 e. The highest BCUT2D eigenvalue weighted by molar-refractivity contribution is 7.99. The van der Waals surface area contributed by atoms with Crippen LogP contribution in [0.5, 0.6) is 0 Å². The molecule has 0 aromatic carbocycles. The Bertz CT molecular complexity index is 590. The lowest BCUT2D eigenvalue weighted by atomic mass is 10.3. The number of carbonyl (C=O) groups is 1. The molecule has 0 unspecified atom stereocenters. The molecule has 0 fully saturated rings. The SMILES string of the molecule is CSc1c(NCc2cccs2)sc(C(=O)N(C)C)c1N. The van der Waals surface area contributed by atoms with Gasteiger partial charge in [0.15, 0.2) is 0 Å². The minimum atomic E-state index is -0.0491. The zero-order valence-corrected chi connectivity index (χ0v) is 14.0. The summed E-state index contributed by atoms with van der Waals surface area (Å²) in [7, 11) is 3.47. The highest BCUT2D eigenvalue weighted by atomic mass is 32.2. The normalized spacial score (nSPS) is 10.6. The van der Waals surface area contributed by atoms with Crippen molar-refractivity contribution in [1.29, 1.82) is 0 Å². The predicted molar refractivity (Wildman–Crippen MR) is 90.2 cm³/mol. The van der Waals surface area contributed by atoms with Gasteiger partial charge in [0, 0.05) is 19.0 Å². The summed E-state index contributed by atoms with van der Waals surface area (Å²) in [6.45, 7) is 0.751. The van der Waals surface area contributed by atoms with Crippen LogP contribution in [0.25, 0.3) is 0 Å². The molecule has 2 aromatic rings. The summed E-state index contributed by atoms with van der Waals surface area (Å²) in [6, 6.07) is 4.11. The number of nitrogen functional groups attached to an aromatic ring is 1. The van der Waals surface area contributed by atoms with Crippen LogP contribution < -0.4 is 11.1 Å². The molecule has 0 saturated carbocycles. The number of anilines is 2. The van der Waals surface area contributed by atoms with Crippen molar-refractivity contribution in [2.45, 2.75) is 11.4 Å². The topological polar surface area (TPSA) is 58.4 Å². The predicted octanol–water partition coefficient (Wildman–Crippen LogP) is 3.43. The number of thioether (sulfide) groups is 1. The molecule has 2 aromatic heterocycles. The lowest BCUT2D eigenvalue weighted by Crippen LogP contribution is -2.21. The maximum atomic E-state index is 12.1. The van der Waals surface area contributed by atoms with Crippen molar-refractivity contribution in [3.05, 3.63) is 27.3 Å². The van der Waals surface area contributed by atoms with Crippen LogP contribution >= 0.6 is 34.4 Å². The number of nitrogens with two attached hydrogens (primary N) is 1. The number of hydrogen-bond donors (Lipinski definition) is 2. The zero-order valence-electron chi connectivity index (χ0n) is 11.6. The summed E-state index contributed by atoms with van der Waals surface area (Å²) in [5.41, 5.74) is 6.69. The van der Waals surface area contributed by atoms with Gasteiger partial charge in [0.2, 0.25) is 0 Å². The van der Waals surface area contributed by atoms with Crippen LogP contribution in [0.1, 0.15) is 14.5 Å². The Kier molecular flexibility index (Phi) is 4.95. The molecule has 0 aliphatic carbocycles. The van der Waals surface area contributed by atoms with E-state index < -0.39 is 0 Å². The standard InChI is InChI=1S/C13H17N3OS3/c1-16(2)13(17)11-9(14)10(18-3)12(20-11)15-7-8-5-4-6-19-8/h4-6,15H,7,14H2,1-3H3. The molecule has 2 heterocycles. The van der Waals surface area contributed by atoms with Gasteiger partial charge in [-0.25, -0.2) is 0 Å². The van der Waals surface area contributed by atoms with E-state index in [1.54, 1.807) is 42.1 Å². The van der Waals surface area contributed by atoms with Crippen molar-refractivity contribution >= 4 is 51.0 Å². The summed E-state index contributed by atoms with van der Waals surface area (Å²) in [4.78, 5) is 16.5. The van der Waals surface area contributed by atoms with E-state index >= 15 is 0 Å². The Morgan fingerprint density at radius 3 is 2.80 bits per heavy atom. The van der Waals surface area contributed by atoms with Gasteiger partial charge in [-0.3, -0.25) is 4.79 Å². The Morgan fingerprint density at radius 1 is 1.50 bits per heavy atom. The van der Waals surface area contributed by atoms with E-state index in [0.717, 1.165) is 16.4 Å². The van der Waals surface area contributed by atoms with Crippen LogP contribution in [0.3, 0.4) is 0 Å². The van der Waals surface area contributed by atoms with Gasteiger partial charge in [0.25, 0.3) is 5.91 Å². The minimum absolute atomic E-state index is 0.0491. The van der Waals surface area contributed by atoms with E-state index in [1.807, 2.05) is 12.3 Å². The number of nitrogens with zero attached hydrogens (tertiary/aromatic N) is 1. The summed E-state index contributed by atoms with van der Waals surface area (Å²) >= 11 is 4.70. The van der Waals surface area contributed by atoms with Gasteiger partial charge in [-0.15, -0.1) is 34.4 Å². The number of thiophene rings is 2. The minimum Gasteiger partial charge on any atom is -0.396 e. The second-order valence-electron chi connectivity index (χ2n) is 4.34. The van der Waals surface area contributed by atoms with E-state index in [0.29, 0.717) is 10.6 Å². The molecule has 4 nitrogen and oxygen atoms in total. The zero-order chi connectivity index (χ0) is 14.7. The molecule has 0 radical (unpaired) electrons. The summed E-state index contributed by atoms with van der Waals surface area (Å²) < 4.78 is 0. The number of hydrogen-bond acceptors (Lipinski definition) is 6. The van der Waals surface area contributed by atoms with E-state index in [2.05, 4.69) is 16.8 Å². The fraction of sp³-hybridized carbons (Fsp3) is 0.308. The van der Waals surface area contributed by atoms with Crippen LogP contribution in [0, 0.1) is 0 Å². The van der Waals surface area contributed by atoms with Crippen molar-refractivity contribution < 1.29 is 4.79 Å². The number of rotatable bonds is 5. The van der Waals surface area contributed by atoms with Crippen LogP contribution in [0.4, 0.5) is 10.7 Å². The summed E-state index contributed by atoms with van der Waals surface area (Å²) in [5.74, 6) is -0.0491. The third kappa shape index (κ3) is 3.11. The Hall–Kier alpha value is -1.18. The molecule has 0 bridgehead atoms. The van der Waals surface area contributed by atoms with Gasteiger partial charge in [-0.2, -0.15) is 0 Å². The fourth-order valence-electron chi connectivity index (χ4n) is 1.69. The average molecular weight is 328 g/mol. The quantitative estimate of drug-likeness (QED) is 0.826. The maximum Gasteiger partial charge on any atom is 0.265 e. The molecule has 7 heteroatoms. The van der Waals surface area contributed by atoms with Gasteiger partial charge in [-0.1, -0.05) is 6.07 Å². The number of carbonyl (C=O) groups excluding carboxylic acids is 1. The van der Waals surface area contributed by atoms with Gasteiger partial charge in [-0.05, 0) is 17.7 Å². The molecule has 1 amide bonds. The number of amides is 1. The lowest BCUT2D eigenvalue weighted by Gasteiger charge is -2.08. The molecular formula is C13H17N3OS3. The Labute approximate surface area is 131 Å². The fourth-order valence-corrected chi connectivity index (χ4v) is 4.39. The first kappa shape index (κ1) is 15.2. The van der Waals surface area contributed by atoms with Crippen molar-refractivity contribution in [2.75, 3.05) is 31.4 Å². The van der Waals surface area contributed by atoms with Gasteiger partial charge in [0.05, 0.1) is 17.1 Å². The van der Waals surface area contributed by atoms with Crippen molar-refractivity contribution in [3.8, 4) is 0 Å². The second kappa shape index (κ2) is 6.51. The molecule has 108 valence electrons. The van der Waals surface area contributed by atoms with Crippen LogP contribution in [-0.4, -0.2) is 31.2 Å². The van der Waals surface area contributed by atoms with Crippen LogP contribution in [-0.2, 0) is 6.54 Å². The highest BCUT2D eigenvalue weighted by Crippen LogP contribution is 2.42. The lowest BCUT2D eigenvalue weighted by molar-refractivity contribution is 0.0833. The van der Waals surface area contributed by atoms with Gasteiger partial charge in [0.1, 0.15) is 9.88 Å². The maximum absolute atomic E-state index is 12.1.